The van der Waals surface area contributed by atoms with Crippen LogP contribution < -0.4 is 25.0 Å². The Balaban J connectivity index is 0.00000363. The number of hydrogen-bond acceptors (Lipinski definition) is 7. The standard InChI is InChI=1S/C22H33N7O2.HI/c1-18(31-20-8-5-4-7-19(20)30-3)17-27-21(23-2)24-11-12-28-13-15-29(16-14-28)22-25-9-6-10-26-22;/h4-10,18H,11-17H2,1-3H3,(H2,23,24,27);1H. The molecule has 32 heavy (non-hydrogen) atoms. The largest absolute Gasteiger partial charge is 0.493 e. The predicted molar refractivity (Wildman–Crippen MR) is 139 cm³/mol. The van der Waals surface area contributed by atoms with Crippen molar-refractivity contribution in [1.82, 2.24) is 25.5 Å². The molecule has 1 saturated heterocycles. The van der Waals surface area contributed by atoms with Gasteiger partial charge in [0.25, 0.3) is 0 Å². The van der Waals surface area contributed by atoms with Crippen molar-refractivity contribution in [3.05, 3.63) is 42.7 Å². The minimum atomic E-state index is -0.0388. The van der Waals surface area contributed by atoms with Gasteiger partial charge in [-0.1, -0.05) is 12.1 Å². The molecule has 1 atom stereocenters. The molecule has 1 aliphatic heterocycles. The number of ether oxygens (including phenoxy) is 2. The summed E-state index contributed by atoms with van der Waals surface area (Å²) in [6, 6.07) is 9.51. The number of halogens is 1. The van der Waals surface area contributed by atoms with Crippen molar-refractivity contribution in [1.29, 1.82) is 0 Å². The van der Waals surface area contributed by atoms with Crippen LogP contribution in [0.2, 0.25) is 0 Å². The Labute approximate surface area is 207 Å². The summed E-state index contributed by atoms with van der Waals surface area (Å²) in [6.07, 6.45) is 3.54. The highest BCUT2D eigenvalue weighted by Gasteiger charge is 2.18. The number of para-hydroxylation sites is 2. The first-order valence-electron chi connectivity index (χ1n) is 10.7. The number of piperazine rings is 1. The van der Waals surface area contributed by atoms with Gasteiger partial charge in [0.1, 0.15) is 6.10 Å². The molecular formula is C22H34IN7O2. The monoisotopic (exact) mass is 555 g/mol. The van der Waals surface area contributed by atoms with Gasteiger partial charge < -0.3 is 25.0 Å². The van der Waals surface area contributed by atoms with Gasteiger partial charge in [-0.25, -0.2) is 9.97 Å². The SMILES string of the molecule is CN=C(NCCN1CCN(c2ncccn2)CC1)NCC(C)Oc1ccccc1OC.I. The Kier molecular flexibility index (Phi) is 11.3. The van der Waals surface area contributed by atoms with E-state index in [0.29, 0.717) is 6.54 Å². The smallest absolute Gasteiger partial charge is 0.225 e. The van der Waals surface area contributed by atoms with Crippen LogP contribution in [0.3, 0.4) is 0 Å². The third-order valence-electron chi connectivity index (χ3n) is 5.11. The summed E-state index contributed by atoms with van der Waals surface area (Å²) in [7, 11) is 3.42. The number of methoxy groups -OCH3 is 1. The van der Waals surface area contributed by atoms with Gasteiger partial charge in [-0.05, 0) is 25.1 Å². The summed E-state index contributed by atoms with van der Waals surface area (Å²) in [5, 5.41) is 6.70. The van der Waals surface area contributed by atoms with E-state index in [0.717, 1.165) is 62.7 Å². The van der Waals surface area contributed by atoms with E-state index in [2.05, 4.69) is 35.4 Å². The average Bonchev–Trinajstić information content (AvgIpc) is 2.82. The Morgan fingerprint density at radius 1 is 1.06 bits per heavy atom. The van der Waals surface area contributed by atoms with Crippen molar-refractivity contribution < 1.29 is 9.47 Å². The van der Waals surface area contributed by atoms with Crippen LogP contribution in [0.5, 0.6) is 11.5 Å². The van der Waals surface area contributed by atoms with Gasteiger partial charge >= 0.3 is 0 Å². The number of aromatic nitrogens is 2. The Morgan fingerprint density at radius 2 is 1.75 bits per heavy atom. The molecular weight excluding hydrogens is 521 g/mol. The Bertz CT molecular complexity index is 817. The zero-order valence-corrected chi connectivity index (χ0v) is 21.4. The van der Waals surface area contributed by atoms with E-state index in [4.69, 9.17) is 9.47 Å². The highest BCUT2D eigenvalue weighted by molar-refractivity contribution is 14.0. The van der Waals surface area contributed by atoms with Gasteiger partial charge in [-0.15, -0.1) is 24.0 Å². The van der Waals surface area contributed by atoms with Crippen LogP contribution in [0.1, 0.15) is 6.92 Å². The van der Waals surface area contributed by atoms with E-state index in [-0.39, 0.29) is 30.1 Å². The number of benzene rings is 1. The third-order valence-corrected chi connectivity index (χ3v) is 5.11. The molecule has 2 aromatic rings. The molecule has 9 nitrogen and oxygen atoms in total. The molecule has 0 aliphatic carbocycles. The van der Waals surface area contributed by atoms with Crippen LogP contribution in [-0.4, -0.2) is 86.9 Å². The average molecular weight is 555 g/mol. The van der Waals surface area contributed by atoms with Gasteiger partial charge in [0.2, 0.25) is 5.95 Å². The van der Waals surface area contributed by atoms with Crippen LogP contribution >= 0.6 is 24.0 Å². The molecule has 10 heteroatoms. The minimum absolute atomic E-state index is 0. The van der Waals surface area contributed by atoms with E-state index in [1.807, 2.05) is 37.3 Å². The maximum absolute atomic E-state index is 5.98. The first-order chi connectivity index (χ1) is 15.2. The number of aliphatic imine (C=N–C) groups is 1. The molecule has 176 valence electrons. The quantitative estimate of drug-likeness (QED) is 0.276. The van der Waals surface area contributed by atoms with Gasteiger partial charge in [0.05, 0.1) is 13.7 Å². The van der Waals surface area contributed by atoms with Crippen molar-refractivity contribution in [2.75, 3.05) is 64.9 Å². The lowest BCUT2D eigenvalue weighted by atomic mass is 10.3. The van der Waals surface area contributed by atoms with Crippen LogP contribution in [0.15, 0.2) is 47.7 Å². The first kappa shape index (κ1) is 25.9. The van der Waals surface area contributed by atoms with Crippen molar-refractivity contribution >= 4 is 35.9 Å². The summed E-state index contributed by atoms with van der Waals surface area (Å²) in [5.41, 5.74) is 0. The summed E-state index contributed by atoms with van der Waals surface area (Å²) in [6.45, 7) is 8.30. The normalized spacial score (nSPS) is 15.5. The van der Waals surface area contributed by atoms with E-state index in [1.165, 1.54) is 0 Å². The maximum Gasteiger partial charge on any atom is 0.225 e. The van der Waals surface area contributed by atoms with Gasteiger partial charge in [-0.3, -0.25) is 9.89 Å². The molecule has 1 aromatic heterocycles. The number of anilines is 1. The summed E-state index contributed by atoms with van der Waals surface area (Å²) >= 11 is 0. The zero-order chi connectivity index (χ0) is 21.9. The van der Waals surface area contributed by atoms with Crippen molar-refractivity contribution in [2.45, 2.75) is 13.0 Å². The fraction of sp³-hybridized carbons (Fsp3) is 0.500. The van der Waals surface area contributed by atoms with Crippen LogP contribution in [0, 0.1) is 0 Å². The second-order valence-corrected chi connectivity index (χ2v) is 7.34. The summed E-state index contributed by atoms with van der Waals surface area (Å²) in [5.74, 6) is 3.05. The number of guanidine groups is 1. The van der Waals surface area contributed by atoms with Crippen LogP contribution in [0.4, 0.5) is 5.95 Å². The topological polar surface area (TPSA) is 87.1 Å². The number of rotatable bonds is 9. The summed E-state index contributed by atoms with van der Waals surface area (Å²) in [4.78, 5) is 17.6. The molecule has 0 bridgehead atoms. The molecule has 1 aliphatic rings. The van der Waals surface area contributed by atoms with E-state index >= 15 is 0 Å². The van der Waals surface area contributed by atoms with E-state index < -0.39 is 0 Å². The highest BCUT2D eigenvalue weighted by Crippen LogP contribution is 2.26. The van der Waals surface area contributed by atoms with Crippen LogP contribution in [-0.2, 0) is 0 Å². The lowest BCUT2D eigenvalue weighted by Crippen LogP contribution is -2.50. The maximum atomic E-state index is 5.98. The molecule has 0 radical (unpaired) electrons. The molecule has 0 spiro atoms. The summed E-state index contributed by atoms with van der Waals surface area (Å²) < 4.78 is 11.3. The van der Waals surface area contributed by atoms with Gasteiger partial charge in [0.15, 0.2) is 17.5 Å². The third kappa shape index (κ3) is 7.97. The first-order valence-corrected chi connectivity index (χ1v) is 10.7. The molecule has 0 amide bonds. The fourth-order valence-corrected chi connectivity index (χ4v) is 3.39. The molecule has 2 heterocycles. The lowest BCUT2D eigenvalue weighted by Gasteiger charge is -2.34. The Morgan fingerprint density at radius 3 is 2.41 bits per heavy atom. The molecule has 1 aromatic carbocycles. The zero-order valence-electron chi connectivity index (χ0n) is 19.0. The van der Waals surface area contributed by atoms with E-state index in [1.54, 1.807) is 26.6 Å². The van der Waals surface area contributed by atoms with Crippen LogP contribution in [0.25, 0.3) is 0 Å². The fourth-order valence-electron chi connectivity index (χ4n) is 3.39. The Hall–Kier alpha value is -2.34. The van der Waals surface area contributed by atoms with Crippen molar-refractivity contribution in [3.8, 4) is 11.5 Å². The minimum Gasteiger partial charge on any atom is -0.493 e. The molecule has 1 fully saturated rings. The molecule has 3 rings (SSSR count). The predicted octanol–water partition coefficient (Wildman–Crippen LogP) is 1.86. The molecule has 0 saturated carbocycles. The lowest BCUT2D eigenvalue weighted by molar-refractivity contribution is 0.213. The number of nitrogens with one attached hydrogen (secondary N) is 2. The van der Waals surface area contributed by atoms with Gasteiger partial charge in [0, 0.05) is 58.7 Å². The van der Waals surface area contributed by atoms with Crippen molar-refractivity contribution in [3.63, 3.8) is 0 Å². The van der Waals surface area contributed by atoms with E-state index in [9.17, 15) is 0 Å². The second-order valence-electron chi connectivity index (χ2n) is 7.34. The van der Waals surface area contributed by atoms with Crippen molar-refractivity contribution in [2.24, 2.45) is 4.99 Å². The van der Waals surface area contributed by atoms with Gasteiger partial charge in [-0.2, -0.15) is 0 Å². The second kappa shape index (κ2) is 13.9. The number of hydrogen-bond donors (Lipinski definition) is 2. The number of nitrogens with zero attached hydrogens (tertiary/aromatic N) is 5. The molecule has 1 unspecified atom stereocenters. The highest BCUT2D eigenvalue weighted by atomic mass is 127. The molecule has 2 N–H and O–H groups in total.